The maximum absolute atomic E-state index is 0. The van der Waals surface area contributed by atoms with Gasteiger partial charge < -0.3 is 11.0 Å². The molecule has 0 aromatic carbocycles. The average Bonchev–Trinajstić information content (AvgIpc) is 0. The van der Waals surface area contributed by atoms with E-state index in [1.807, 2.05) is 0 Å². The van der Waals surface area contributed by atoms with Gasteiger partial charge in [-0.25, -0.2) is 0 Å². The van der Waals surface area contributed by atoms with Crippen LogP contribution in [0, 0.1) is 0 Å². The Bertz CT molecular complexity index is 6.00. The van der Waals surface area contributed by atoms with E-state index in [9.17, 15) is 0 Å². The van der Waals surface area contributed by atoms with Gasteiger partial charge in [0.2, 0.25) is 0 Å². The summed E-state index contributed by atoms with van der Waals surface area (Å²) < 4.78 is 0. The Hall–Kier alpha value is 1.49. The van der Waals surface area contributed by atoms with Crippen LogP contribution in [-0.2, 0) is 0 Å². The maximum Gasteiger partial charge on any atom is 2.00 e. The molecule has 0 heterocycles. The molecule has 3 heteroatoms. The molecule has 0 unspecified atom stereocenters. The second kappa shape index (κ2) is 24.6. The van der Waals surface area contributed by atoms with Crippen molar-refractivity contribution in [3.05, 3.63) is 0 Å². The van der Waals surface area contributed by atoms with Gasteiger partial charge in [0.25, 0.3) is 0 Å². The van der Waals surface area contributed by atoms with Crippen molar-refractivity contribution in [2.45, 2.75) is 7.43 Å². The molecule has 4 heavy (non-hydrogen) atoms. The summed E-state index contributed by atoms with van der Waals surface area (Å²) in [5.41, 5.74) is 0. The minimum Gasteiger partial charge on any atom is -0.870 e. The monoisotopic (exact) mass is 188 g/mol. The van der Waals surface area contributed by atoms with E-state index in [2.05, 4.69) is 0 Å². The molecule has 0 aromatic heterocycles. The Morgan fingerprint density at radius 1 is 0.750 bits per heavy atom. The maximum atomic E-state index is 0. The number of hydrogen-bond acceptors (Lipinski definition) is 2. The minimum atomic E-state index is 0. The fourth-order valence-electron chi connectivity index (χ4n) is 0. The van der Waals surface area contributed by atoms with Crippen molar-refractivity contribution in [3.63, 3.8) is 0 Å². The smallest absolute Gasteiger partial charge is 0.870 e. The normalized spacial score (nSPS) is 0. The summed E-state index contributed by atoms with van der Waals surface area (Å²) in [6, 6.07) is 0. The van der Waals surface area contributed by atoms with Gasteiger partial charge in [-0.3, -0.25) is 0 Å². The third-order valence-electron chi connectivity index (χ3n) is 0. The largest absolute Gasteiger partial charge is 2.00 e. The SMILES string of the molecule is C.[Ba+2].[OH-].[OH-]. The van der Waals surface area contributed by atoms with Crippen molar-refractivity contribution in [2.24, 2.45) is 0 Å². The zero-order chi connectivity index (χ0) is 0. The van der Waals surface area contributed by atoms with Crippen molar-refractivity contribution >= 4 is 48.9 Å². The van der Waals surface area contributed by atoms with Crippen LogP contribution in [-0.4, -0.2) is 59.8 Å². The predicted molar refractivity (Wildman–Crippen MR) is 16.4 cm³/mol. The summed E-state index contributed by atoms with van der Waals surface area (Å²) >= 11 is 0. The molecule has 0 spiro atoms. The van der Waals surface area contributed by atoms with Crippen LogP contribution >= 0.6 is 0 Å². The Morgan fingerprint density at radius 3 is 0.750 bits per heavy atom. The van der Waals surface area contributed by atoms with Gasteiger partial charge in [-0.15, -0.1) is 0 Å². The van der Waals surface area contributed by atoms with E-state index < -0.39 is 0 Å². The van der Waals surface area contributed by atoms with E-state index in [4.69, 9.17) is 0 Å². The van der Waals surface area contributed by atoms with E-state index in [1.165, 1.54) is 0 Å². The van der Waals surface area contributed by atoms with Crippen molar-refractivity contribution < 1.29 is 11.0 Å². The van der Waals surface area contributed by atoms with Gasteiger partial charge in [-0.05, 0) is 0 Å². The van der Waals surface area contributed by atoms with Crippen LogP contribution in [0.25, 0.3) is 0 Å². The first-order valence-corrected chi connectivity index (χ1v) is 0. The van der Waals surface area contributed by atoms with Crippen LogP contribution < -0.4 is 0 Å². The molecule has 0 saturated heterocycles. The van der Waals surface area contributed by atoms with E-state index in [0.29, 0.717) is 0 Å². The van der Waals surface area contributed by atoms with Crippen LogP contribution in [0.4, 0.5) is 0 Å². The summed E-state index contributed by atoms with van der Waals surface area (Å²) in [6.45, 7) is 0. The van der Waals surface area contributed by atoms with Gasteiger partial charge in [-0.1, -0.05) is 7.43 Å². The van der Waals surface area contributed by atoms with Gasteiger partial charge in [0.05, 0.1) is 0 Å². The molecule has 0 atom stereocenters. The molecule has 0 fully saturated rings. The first-order chi connectivity index (χ1) is 0. The zero-order valence-corrected chi connectivity index (χ0v) is 6.04. The third kappa shape index (κ3) is 9.74. The quantitative estimate of drug-likeness (QED) is 0.497. The molecule has 0 radical (unpaired) electrons. The summed E-state index contributed by atoms with van der Waals surface area (Å²) in [5.74, 6) is 0. The fourth-order valence-corrected chi connectivity index (χ4v) is 0. The Labute approximate surface area is 66.3 Å². The topological polar surface area (TPSA) is 60.0 Å². The third-order valence-corrected chi connectivity index (χ3v) is 0. The van der Waals surface area contributed by atoms with E-state index >= 15 is 0 Å². The molecule has 0 aliphatic rings. The molecule has 0 amide bonds. The minimum absolute atomic E-state index is 0. The van der Waals surface area contributed by atoms with Crippen molar-refractivity contribution in [1.82, 2.24) is 0 Å². The number of rotatable bonds is 0. The number of hydrogen-bond donors (Lipinski definition) is 0. The van der Waals surface area contributed by atoms with E-state index in [-0.39, 0.29) is 67.3 Å². The van der Waals surface area contributed by atoms with E-state index in [1.54, 1.807) is 0 Å². The summed E-state index contributed by atoms with van der Waals surface area (Å²) in [4.78, 5) is 0. The molecule has 2 N–H and O–H groups in total. The molecule has 2 nitrogen and oxygen atoms in total. The second-order valence-corrected chi connectivity index (χ2v) is 0. The molecule has 24 valence electrons. The van der Waals surface area contributed by atoms with Crippen molar-refractivity contribution in [3.8, 4) is 0 Å². The predicted octanol–water partition coefficient (Wildman–Crippen LogP) is -0.0983. The van der Waals surface area contributed by atoms with Gasteiger partial charge in [0.1, 0.15) is 0 Å². The van der Waals surface area contributed by atoms with Crippen LogP contribution in [0.2, 0.25) is 0 Å². The molecule has 0 aromatic rings. The molecule has 0 rings (SSSR count). The summed E-state index contributed by atoms with van der Waals surface area (Å²) in [7, 11) is 0. The molecule has 0 aliphatic heterocycles. The van der Waals surface area contributed by atoms with Gasteiger partial charge >= 0.3 is 48.9 Å². The molecule has 0 bridgehead atoms. The Balaban J connectivity index is 0. The van der Waals surface area contributed by atoms with Crippen LogP contribution in [0.15, 0.2) is 0 Å². The second-order valence-electron chi connectivity index (χ2n) is 0. The Morgan fingerprint density at radius 2 is 0.750 bits per heavy atom. The first-order valence-electron chi connectivity index (χ1n) is 0. The molecular formula is CH6BaO2. The van der Waals surface area contributed by atoms with Crippen LogP contribution in [0.1, 0.15) is 7.43 Å². The zero-order valence-electron chi connectivity index (χ0n) is 1.60. The molecular weight excluding hydrogens is 181 g/mol. The van der Waals surface area contributed by atoms with Crippen LogP contribution in [0.5, 0.6) is 0 Å². The average molecular weight is 187 g/mol. The summed E-state index contributed by atoms with van der Waals surface area (Å²) in [5, 5.41) is 0. The van der Waals surface area contributed by atoms with Crippen molar-refractivity contribution in [1.29, 1.82) is 0 Å². The Kier molecular flexibility index (Phi) is 306. The standard InChI is InChI=1S/CH4.Ba.2H2O/h1H4;;2*1H2/q;+2;;/p-2. The fraction of sp³-hybridized carbons (Fsp3) is 1.00. The summed E-state index contributed by atoms with van der Waals surface area (Å²) in [6.07, 6.45) is 0. The van der Waals surface area contributed by atoms with Gasteiger partial charge in [-0.2, -0.15) is 0 Å². The van der Waals surface area contributed by atoms with Gasteiger partial charge in [0, 0.05) is 0 Å². The molecule has 0 aliphatic carbocycles. The molecule has 0 saturated carbocycles. The van der Waals surface area contributed by atoms with Crippen molar-refractivity contribution in [2.75, 3.05) is 0 Å². The first kappa shape index (κ1) is 49.8. The van der Waals surface area contributed by atoms with Gasteiger partial charge in [0.15, 0.2) is 0 Å². The van der Waals surface area contributed by atoms with Crippen LogP contribution in [0.3, 0.4) is 0 Å². The van der Waals surface area contributed by atoms with E-state index in [0.717, 1.165) is 0 Å².